The highest BCUT2D eigenvalue weighted by Crippen LogP contribution is 2.86. The Morgan fingerprint density at radius 3 is 2.36 bits per heavy atom. The molecule has 0 saturated heterocycles. The lowest BCUT2D eigenvalue weighted by atomic mass is 9.45. The van der Waals surface area contributed by atoms with Crippen LogP contribution in [0.15, 0.2) is 36.5 Å². The molecule has 1 heterocycles. The van der Waals surface area contributed by atoms with Crippen molar-refractivity contribution in [3.8, 4) is 0 Å². The Hall–Kier alpha value is -1.19. The zero-order chi connectivity index (χ0) is 23.8. The van der Waals surface area contributed by atoms with Crippen molar-refractivity contribution in [3.05, 3.63) is 36.5 Å². The minimum Gasteiger partial charge on any atom is -0.387 e. The topological polar surface area (TPSA) is 46.5 Å². The maximum atomic E-state index is 12.8. The Morgan fingerprint density at radius 1 is 1.00 bits per heavy atom. The van der Waals surface area contributed by atoms with Crippen molar-refractivity contribution >= 4 is 5.78 Å². The maximum absolute atomic E-state index is 12.8. The van der Waals surface area contributed by atoms with E-state index in [1.807, 2.05) is 19.9 Å². The van der Waals surface area contributed by atoms with Gasteiger partial charge in [0.05, 0.1) is 11.7 Å². The monoisotopic (exact) mass is 450 g/mol. The Morgan fingerprint density at radius 2 is 1.67 bits per heavy atom. The van der Waals surface area contributed by atoms with Crippen LogP contribution in [0.25, 0.3) is 0 Å². The van der Waals surface area contributed by atoms with Gasteiger partial charge in [-0.25, -0.2) is 0 Å². The van der Waals surface area contributed by atoms with E-state index in [4.69, 9.17) is 4.74 Å². The second-order valence-corrected chi connectivity index (χ2v) is 14.1. The SMILES string of the molecule is CC1C=CC(C(C)(C)O)OC2CC3(C)C4CCC5C(C)(C)C(=O)C=CC56CC46C=CC3(C)C12. The molecule has 3 saturated carbocycles. The molecule has 0 bridgehead atoms. The van der Waals surface area contributed by atoms with Crippen molar-refractivity contribution in [2.45, 2.75) is 92.0 Å². The lowest BCUT2D eigenvalue weighted by Crippen LogP contribution is -2.54. The summed E-state index contributed by atoms with van der Waals surface area (Å²) in [5.74, 6) is 2.18. The number of carbonyl (C=O) groups is 1. The fourth-order valence-electron chi connectivity index (χ4n) is 10.1. The number of aliphatic hydroxyl groups is 1. The number of hydrogen-bond donors (Lipinski definition) is 1. The Kier molecular flexibility index (Phi) is 4.14. The minimum atomic E-state index is -0.888. The normalized spacial score (nSPS) is 55.7. The van der Waals surface area contributed by atoms with Crippen LogP contribution >= 0.6 is 0 Å². The van der Waals surface area contributed by atoms with E-state index >= 15 is 0 Å². The molecule has 10 atom stereocenters. The molecule has 6 rings (SSSR count). The number of rotatable bonds is 1. The summed E-state index contributed by atoms with van der Waals surface area (Å²) >= 11 is 0. The third-order valence-electron chi connectivity index (χ3n) is 12.0. The first-order valence-corrected chi connectivity index (χ1v) is 13.2. The summed E-state index contributed by atoms with van der Waals surface area (Å²) in [5, 5.41) is 10.8. The van der Waals surface area contributed by atoms with Crippen molar-refractivity contribution in [2.24, 2.45) is 50.7 Å². The zero-order valence-corrected chi connectivity index (χ0v) is 21.5. The summed E-state index contributed by atoms with van der Waals surface area (Å²) in [6.45, 7) is 15.5. The number of hydrogen-bond acceptors (Lipinski definition) is 3. The molecule has 3 nitrogen and oxygen atoms in total. The first-order valence-electron chi connectivity index (χ1n) is 13.2. The van der Waals surface area contributed by atoms with E-state index in [1.54, 1.807) is 0 Å². The van der Waals surface area contributed by atoms with Gasteiger partial charge < -0.3 is 9.84 Å². The largest absolute Gasteiger partial charge is 0.387 e. The minimum absolute atomic E-state index is 0.0617. The van der Waals surface area contributed by atoms with E-state index in [2.05, 4.69) is 65.0 Å². The fraction of sp³-hybridized carbons (Fsp3) is 0.767. The lowest BCUT2D eigenvalue weighted by molar-refractivity contribution is -0.131. The van der Waals surface area contributed by atoms with E-state index < -0.39 is 5.60 Å². The van der Waals surface area contributed by atoms with Gasteiger partial charge in [0.2, 0.25) is 0 Å². The summed E-state index contributed by atoms with van der Waals surface area (Å²) in [6, 6.07) is 0. The Bertz CT molecular complexity index is 997. The summed E-state index contributed by atoms with van der Waals surface area (Å²) in [6.07, 6.45) is 18.3. The van der Waals surface area contributed by atoms with Gasteiger partial charge >= 0.3 is 0 Å². The van der Waals surface area contributed by atoms with Crippen molar-refractivity contribution in [1.82, 2.24) is 0 Å². The van der Waals surface area contributed by atoms with E-state index in [9.17, 15) is 9.90 Å². The predicted molar refractivity (Wildman–Crippen MR) is 130 cm³/mol. The molecule has 180 valence electrons. The summed E-state index contributed by atoms with van der Waals surface area (Å²) in [4.78, 5) is 12.8. The van der Waals surface area contributed by atoms with Crippen molar-refractivity contribution < 1.29 is 14.6 Å². The maximum Gasteiger partial charge on any atom is 0.161 e. The van der Waals surface area contributed by atoms with Gasteiger partial charge in [-0.15, -0.1) is 0 Å². The summed E-state index contributed by atoms with van der Waals surface area (Å²) < 4.78 is 6.74. The molecule has 0 aromatic rings. The third kappa shape index (κ3) is 2.42. The molecule has 0 aromatic heterocycles. The van der Waals surface area contributed by atoms with E-state index in [0.29, 0.717) is 29.5 Å². The van der Waals surface area contributed by atoms with Gasteiger partial charge in [-0.05, 0) is 74.2 Å². The standard InChI is InChI=1S/C30H42O3/c1-18-8-11-23(26(4,5)32)33-19-16-28(7)21-10-9-20-25(2,3)22(31)12-13-29(20)17-30(21,29)15-14-27(28,6)24(18)19/h8,11-15,18-21,23-24,32H,9-10,16-17H2,1-7H3. The highest BCUT2D eigenvalue weighted by Gasteiger charge is 2.81. The molecule has 6 aliphatic rings. The van der Waals surface area contributed by atoms with Crippen LogP contribution in [0.2, 0.25) is 0 Å². The van der Waals surface area contributed by atoms with Crippen LogP contribution in [0.3, 0.4) is 0 Å². The second-order valence-electron chi connectivity index (χ2n) is 14.1. The molecular weight excluding hydrogens is 408 g/mol. The molecule has 1 aliphatic heterocycles. The van der Waals surface area contributed by atoms with Crippen molar-refractivity contribution in [2.75, 3.05) is 0 Å². The predicted octanol–water partition coefficient (Wildman–Crippen LogP) is 5.89. The fourth-order valence-corrected chi connectivity index (χ4v) is 10.1. The number of fused-ring (bicyclic) bond motifs is 4. The number of allylic oxidation sites excluding steroid dienone is 5. The van der Waals surface area contributed by atoms with Gasteiger partial charge in [0.1, 0.15) is 6.10 Å². The number of ether oxygens (including phenoxy) is 1. The molecule has 0 amide bonds. The number of ketones is 1. The quantitative estimate of drug-likeness (QED) is 0.507. The molecule has 3 fully saturated rings. The Labute approximate surface area is 199 Å². The first kappa shape index (κ1) is 22.3. The van der Waals surface area contributed by atoms with E-state index in [1.165, 1.54) is 12.8 Å². The van der Waals surface area contributed by atoms with Crippen LogP contribution in [-0.2, 0) is 9.53 Å². The molecule has 3 heteroatoms. The highest BCUT2D eigenvalue weighted by molar-refractivity contribution is 5.96. The van der Waals surface area contributed by atoms with Crippen molar-refractivity contribution in [1.29, 1.82) is 0 Å². The van der Waals surface area contributed by atoms with Gasteiger partial charge in [-0.3, -0.25) is 4.79 Å². The molecule has 2 spiro atoms. The number of carbonyl (C=O) groups excluding carboxylic acids is 1. The highest BCUT2D eigenvalue weighted by atomic mass is 16.5. The zero-order valence-electron chi connectivity index (χ0n) is 21.5. The van der Waals surface area contributed by atoms with E-state index in [-0.39, 0.29) is 39.3 Å². The summed E-state index contributed by atoms with van der Waals surface area (Å²) in [7, 11) is 0. The first-order chi connectivity index (χ1) is 15.2. The van der Waals surface area contributed by atoms with Gasteiger partial charge in [0.25, 0.3) is 0 Å². The average molecular weight is 451 g/mol. The van der Waals surface area contributed by atoms with Gasteiger partial charge in [0.15, 0.2) is 5.78 Å². The molecule has 0 radical (unpaired) electrons. The molecule has 0 aromatic carbocycles. The van der Waals surface area contributed by atoms with Gasteiger partial charge in [-0.1, -0.05) is 65.0 Å². The molecule has 5 aliphatic carbocycles. The van der Waals surface area contributed by atoms with E-state index in [0.717, 1.165) is 12.8 Å². The van der Waals surface area contributed by atoms with Crippen LogP contribution < -0.4 is 0 Å². The van der Waals surface area contributed by atoms with Gasteiger partial charge in [-0.2, -0.15) is 0 Å². The van der Waals surface area contributed by atoms with Crippen LogP contribution in [0.4, 0.5) is 0 Å². The lowest BCUT2D eigenvalue weighted by Gasteiger charge is -2.59. The van der Waals surface area contributed by atoms with Crippen LogP contribution in [0.5, 0.6) is 0 Å². The second kappa shape index (κ2) is 6.13. The molecule has 10 unspecified atom stereocenters. The summed E-state index contributed by atoms with van der Waals surface area (Å²) in [5.41, 5.74) is -0.595. The van der Waals surface area contributed by atoms with Crippen LogP contribution in [0.1, 0.15) is 74.1 Å². The van der Waals surface area contributed by atoms with Crippen molar-refractivity contribution in [3.63, 3.8) is 0 Å². The molecule has 33 heavy (non-hydrogen) atoms. The van der Waals surface area contributed by atoms with Gasteiger partial charge in [0, 0.05) is 22.2 Å². The Balaban J connectivity index is 1.43. The molecule has 1 N–H and O–H groups in total. The van der Waals surface area contributed by atoms with Crippen LogP contribution in [0, 0.1) is 50.7 Å². The van der Waals surface area contributed by atoms with Crippen LogP contribution in [-0.4, -0.2) is 28.7 Å². The third-order valence-corrected chi connectivity index (χ3v) is 12.0. The molecular formula is C30H42O3. The smallest absolute Gasteiger partial charge is 0.161 e. The average Bonchev–Trinajstić information content (AvgIpc) is 3.35.